The molecule has 150 valence electrons. The van der Waals surface area contributed by atoms with E-state index in [1.165, 1.54) is 16.4 Å². The Hall–Kier alpha value is -2.01. The van der Waals surface area contributed by atoms with Gasteiger partial charge in [0, 0.05) is 35.7 Å². The average Bonchev–Trinajstić information content (AvgIpc) is 2.69. The SMILES string of the molecule is C[C@H](Nc1ccc([N+](=O)[O-])cc1S(=O)(=O)N1CCOCC1)c1ccccc1Br. The highest BCUT2D eigenvalue weighted by atomic mass is 79.9. The molecule has 1 atom stereocenters. The van der Waals surface area contributed by atoms with E-state index in [1.807, 2.05) is 31.2 Å². The molecular weight excluding hydrogens is 450 g/mol. The number of anilines is 1. The maximum atomic E-state index is 13.2. The molecule has 0 spiro atoms. The lowest BCUT2D eigenvalue weighted by Crippen LogP contribution is -2.40. The molecule has 1 fully saturated rings. The van der Waals surface area contributed by atoms with Gasteiger partial charge in [0.25, 0.3) is 5.69 Å². The second kappa shape index (κ2) is 8.56. The summed E-state index contributed by atoms with van der Waals surface area (Å²) in [5, 5.41) is 14.4. The number of halogens is 1. The predicted molar refractivity (Wildman–Crippen MR) is 109 cm³/mol. The van der Waals surface area contributed by atoms with Crippen molar-refractivity contribution in [2.45, 2.75) is 17.9 Å². The molecule has 1 saturated heterocycles. The van der Waals surface area contributed by atoms with Crippen LogP contribution in [0.15, 0.2) is 51.8 Å². The molecule has 1 aliphatic heterocycles. The highest BCUT2D eigenvalue weighted by Crippen LogP contribution is 2.33. The zero-order valence-electron chi connectivity index (χ0n) is 15.2. The minimum Gasteiger partial charge on any atom is -0.379 e. The number of hydrogen-bond acceptors (Lipinski definition) is 6. The number of benzene rings is 2. The van der Waals surface area contributed by atoms with Gasteiger partial charge in [-0.2, -0.15) is 4.31 Å². The van der Waals surface area contributed by atoms with Crippen LogP contribution in [0.3, 0.4) is 0 Å². The van der Waals surface area contributed by atoms with Crippen LogP contribution in [0.4, 0.5) is 11.4 Å². The minimum absolute atomic E-state index is 0.109. The van der Waals surface area contributed by atoms with Crippen LogP contribution in [0.1, 0.15) is 18.5 Å². The first kappa shape index (κ1) is 20.7. The third-order valence-electron chi connectivity index (χ3n) is 4.51. The molecule has 1 aliphatic rings. The van der Waals surface area contributed by atoms with Crippen molar-refractivity contribution in [3.63, 3.8) is 0 Å². The summed E-state index contributed by atoms with van der Waals surface area (Å²) in [6.07, 6.45) is 0. The third kappa shape index (κ3) is 4.35. The maximum Gasteiger partial charge on any atom is 0.270 e. The van der Waals surface area contributed by atoms with Crippen molar-refractivity contribution in [3.05, 3.63) is 62.6 Å². The number of nitrogens with one attached hydrogen (secondary N) is 1. The van der Waals surface area contributed by atoms with Gasteiger partial charge in [0.2, 0.25) is 10.0 Å². The minimum atomic E-state index is -3.91. The van der Waals surface area contributed by atoms with Gasteiger partial charge in [-0.3, -0.25) is 10.1 Å². The molecule has 0 unspecified atom stereocenters. The second-order valence-electron chi connectivity index (χ2n) is 6.34. The van der Waals surface area contributed by atoms with Gasteiger partial charge in [-0.05, 0) is 24.6 Å². The van der Waals surface area contributed by atoms with Crippen molar-refractivity contribution in [1.82, 2.24) is 4.31 Å². The number of nitro benzene ring substituents is 1. The van der Waals surface area contributed by atoms with E-state index in [4.69, 9.17) is 4.74 Å². The van der Waals surface area contributed by atoms with E-state index in [0.29, 0.717) is 18.9 Å². The molecule has 0 aliphatic carbocycles. The van der Waals surface area contributed by atoms with Crippen LogP contribution in [0, 0.1) is 10.1 Å². The summed E-state index contributed by atoms with van der Waals surface area (Å²) in [6.45, 7) is 2.91. The Morgan fingerprint density at radius 3 is 2.54 bits per heavy atom. The van der Waals surface area contributed by atoms with E-state index in [2.05, 4.69) is 21.2 Å². The third-order valence-corrected chi connectivity index (χ3v) is 7.17. The van der Waals surface area contributed by atoms with Gasteiger partial charge in [0.1, 0.15) is 4.90 Å². The fourth-order valence-electron chi connectivity index (χ4n) is 3.02. The molecule has 0 radical (unpaired) electrons. The van der Waals surface area contributed by atoms with Gasteiger partial charge >= 0.3 is 0 Å². The van der Waals surface area contributed by atoms with Crippen molar-refractivity contribution in [2.75, 3.05) is 31.6 Å². The van der Waals surface area contributed by atoms with E-state index >= 15 is 0 Å². The van der Waals surface area contributed by atoms with Crippen LogP contribution in [0.2, 0.25) is 0 Å². The Bertz CT molecular complexity index is 977. The molecule has 2 aromatic carbocycles. The van der Waals surface area contributed by atoms with Gasteiger partial charge < -0.3 is 10.1 Å². The van der Waals surface area contributed by atoms with Crippen LogP contribution in [-0.2, 0) is 14.8 Å². The highest BCUT2D eigenvalue weighted by Gasteiger charge is 2.30. The first-order chi connectivity index (χ1) is 13.3. The first-order valence-electron chi connectivity index (χ1n) is 8.68. The summed E-state index contributed by atoms with van der Waals surface area (Å²) in [7, 11) is -3.91. The molecule has 1 heterocycles. The zero-order chi connectivity index (χ0) is 20.3. The smallest absolute Gasteiger partial charge is 0.270 e. The summed E-state index contributed by atoms with van der Waals surface area (Å²) in [5.41, 5.74) is 0.988. The van der Waals surface area contributed by atoms with Crippen LogP contribution in [0.25, 0.3) is 0 Å². The largest absolute Gasteiger partial charge is 0.379 e. The Morgan fingerprint density at radius 2 is 1.89 bits per heavy atom. The molecule has 0 saturated carbocycles. The monoisotopic (exact) mass is 469 g/mol. The lowest BCUT2D eigenvalue weighted by molar-refractivity contribution is -0.385. The van der Waals surface area contributed by atoms with Crippen LogP contribution in [0.5, 0.6) is 0 Å². The van der Waals surface area contributed by atoms with E-state index in [9.17, 15) is 18.5 Å². The zero-order valence-corrected chi connectivity index (χ0v) is 17.6. The number of nitro groups is 1. The van der Waals surface area contributed by atoms with Crippen molar-refractivity contribution in [1.29, 1.82) is 0 Å². The molecule has 1 N–H and O–H groups in total. The molecular formula is C18H20BrN3O5S. The van der Waals surface area contributed by atoms with Crippen LogP contribution < -0.4 is 5.32 Å². The quantitative estimate of drug-likeness (QED) is 0.512. The lowest BCUT2D eigenvalue weighted by atomic mass is 10.1. The Balaban J connectivity index is 2.01. The molecule has 10 heteroatoms. The molecule has 0 bridgehead atoms. The van der Waals surface area contributed by atoms with E-state index in [-0.39, 0.29) is 29.7 Å². The number of nitrogens with zero attached hydrogens (tertiary/aromatic N) is 2. The molecule has 2 aromatic rings. The maximum absolute atomic E-state index is 13.2. The summed E-state index contributed by atoms with van der Waals surface area (Å²) in [6, 6.07) is 11.2. The van der Waals surface area contributed by atoms with Gasteiger partial charge in [0.05, 0.1) is 23.8 Å². The highest BCUT2D eigenvalue weighted by molar-refractivity contribution is 9.10. The van der Waals surface area contributed by atoms with Crippen LogP contribution in [-0.4, -0.2) is 43.9 Å². The molecule has 28 heavy (non-hydrogen) atoms. The molecule has 8 nitrogen and oxygen atoms in total. The summed E-state index contributed by atoms with van der Waals surface area (Å²) < 4.78 is 33.7. The standard InChI is InChI=1S/C18H20BrN3O5S/c1-13(15-4-2-3-5-16(15)19)20-17-7-6-14(22(23)24)12-18(17)28(25,26)21-8-10-27-11-9-21/h2-7,12-13,20H,8-11H2,1H3/t13-/m0/s1. The van der Waals surface area contributed by atoms with E-state index in [0.717, 1.165) is 16.1 Å². The van der Waals surface area contributed by atoms with Crippen LogP contribution >= 0.6 is 15.9 Å². The number of rotatable bonds is 6. The molecule has 0 aromatic heterocycles. The van der Waals surface area contributed by atoms with Gasteiger partial charge in [-0.1, -0.05) is 34.1 Å². The Morgan fingerprint density at radius 1 is 1.21 bits per heavy atom. The summed E-state index contributed by atoms with van der Waals surface area (Å²) >= 11 is 3.49. The summed E-state index contributed by atoms with van der Waals surface area (Å²) in [5.74, 6) is 0. The van der Waals surface area contributed by atoms with Crippen molar-refractivity contribution >= 4 is 37.3 Å². The molecule has 3 rings (SSSR count). The Labute approximate surface area is 171 Å². The average molecular weight is 470 g/mol. The van der Waals surface area contributed by atoms with Crippen molar-refractivity contribution in [2.24, 2.45) is 0 Å². The van der Waals surface area contributed by atoms with Crippen molar-refractivity contribution in [3.8, 4) is 0 Å². The predicted octanol–water partition coefficient (Wildman–Crippen LogP) is 3.55. The second-order valence-corrected chi connectivity index (χ2v) is 9.10. The first-order valence-corrected chi connectivity index (χ1v) is 10.9. The van der Waals surface area contributed by atoms with Crippen molar-refractivity contribution < 1.29 is 18.1 Å². The fraction of sp³-hybridized carbons (Fsp3) is 0.333. The number of non-ortho nitro benzene ring substituents is 1. The Kier molecular flexibility index (Phi) is 6.33. The summed E-state index contributed by atoms with van der Waals surface area (Å²) in [4.78, 5) is 10.5. The lowest BCUT2D eigenvalue weighted by Gasteiger charge is -2.27. The number of morpholine rings is 1. The fourth-order valence-corrected chi connectivity index (χ4v) is 5.23. The normalized spacial score (nSPS) is 16.5. The van der Waals surface area contributed by atoms with E-state index < -0.39 is 14.9 Å². The van der Waals surface area contributed by atoms with Gasteiger partial charge in [0.15, 0.2) is 0 Å². The number of ether oxygens (including phenoxy) is 1. The van der Waals surface area contributed by atoms with Gasteiger partial charge in [-0.15, -0.1) is 0 Å². The molecule has 0 amide bonds. The van der Waals surface area contributed by atoms with E-state index in [1.54, 1.807) is 0 Å². The number of sulfonamides is 1. The van der Waals surface area contributed by atoms with Gasteiger partial charge in [-0.25, -0.2) is 8.42 Å². The topological polar surface area (TPSA) is 102 Å². The number of hydrogen-bond donors (Lipinski definition) is 1.